The molecule has 1 aliphatic rings. The van der Waals surface area contributed by atoms with Crippen LogP contribution in [0.15, 0.2) is 12.1 Å². The van der Waals surface area contributed by atoms with Crippen molar-refractivity contribution in [2.75, 3.05) is 0 Å². The van der Waals surface area contributed by atoms with Crippen molar-refractivity contribution in [2.45, 2.75) is 38.6 Å². The van der Waals surface area contributed by atoms with Crippen LogP contribution in [0.25, 0.3) is 0 Å². The highest BCUT2D eigenvalue weighted by Gasteiger charge is 2.49. The molecule has 122 valence electrons. The number of carbonyl (C=O) groups excluding carboxylic acids is 1. The van der Waals surface area contributed by atoms with Crippen LogP contribution < -0.4 is 4.18 Å². The summed E-state index contributed by atoms with van der Waals surface area (Å²) in [7, 11) is -5.81. The Bertz CT molecular complexity index is 720. The normalized spacial score (nSPS) is 18.7. The average molecular weight is 336 g/mol. The summed E-state index contributed by atoms with van der Waals surface area (Å²) in [6, 6.07) is 2.91. The van der Waals surface area contributed by atoms with Gasteiger partial charge in [0.15, 0.2) is 11.5 Å². The minimum absolute atomic E-state index is 0.0488. The zero-order chi connectivity index (χ0) is 16.9. The Kier molecular flexibility index (Phi) is 4.01. The van der Waals surface area contributed by atoms with Crippen LogP contribution in [0.5, 0.6) is 5.75 Å². The highest BCUT2D eigenvalue weighted by molar-refractivity contribution is 7.88. The SMILES string of the molecule is CC1Cc2cc(C(C)C)cc(OS(=O)(=O)C(F)(F)F)c2C1=O. The summed E-state index contributed by atoms with van der Waals surface area (Å²) in [6.07, 6.45) is 0.358. The molecule has 0 N–H and O–H groups in total. The van der Waals surface area contributed by atoms with Crippen molar-refractivity contribution < 1.29 is 30.6 Å². The molecule has 0 fully saturated rings. The summed E-state index contributed by atoms with van der Waals surface area (Å²) in [6.45, 7) is 5.26. The molecular weight excluding hydrogens is 321 g/mol. The number of halogens is 3. The Hall–Kier alpha value is -1.57. The van der Waals surface area contributed by atoms with E-state index in [4.69, 9.17) is 0 Å². The monoisotopic (exact) mass is 336 g/mol. The minimum Gasteiger partial charge on any atom is -0.375 e. The van der Waals surface area contributed by atoms with Gasteiger partial charge in [0.25, 0.3) is 0 Å². The van der Waals surface area contributed by atoms with Crippen LogP contribution in [0, 0.1) is 5.92 Å². The summed E-state index contributed by atoms with van der Waals surface area (Å²) in [5, 5.41) is 0. The van der Waals surface area contributed by atoms with E-state index in [-0.39, 0.29) is 11.5 Å². The van der Waals surface area contributed by atoms with Crippen LogP contribution in [0.1, 0.15) is 48.2 Å². The van der Waals surface area contributed by atoms with Crippen LogP contribution in [-0.2, 0) is 16.5 Å². The third-order valence-electron chi connectivity index (χ3n) is 3.58. The molecule has 1 unspecified atom stereocenters. The minimum atomic E-state index is -5.81. The van der Waals surface area contributed by atoms with Gasteiger partial charge in [-0.1, -0.05) is 26.8 Å². The van der Waals surface area contributed by atoms with Gasteiger partial charge in [-0.2, -0.15) is 21.6 Å². The fraction of sp³-hybridized carbons (Fsp3) is 0.500. The van der Waals surface area contributed by atoms with Crippen molar-refractivity contribution in [1.82, 2.24) is 0 Å². The van der Waals surface area contributed by atoms with Gasteiger partial charge in [0.1, 0.15) is 0 Å². The van der Waals surface area contributed by atoms with Crippen molar-refractivity contribution in [3.05, 3.63) is 28.8 Å². The Morgan fingerprint density at radius 1 is 1.27 bits per heavy atom. The third-order valence-corrected chi connectivity index (χ3v) is 4.54. The first-order valence-electron chi connectivity index (χ1n) is 6.66. The molecule has 0 heterocycles. The van der Waals surface area contributed by atoms with E-state index in [0.29, 0.717) is 17.5 Å². The largest absolute Gasteiger partial charge is 0.534 e. The van der Waals surface area contributed by atoms with Gasteiger partial charge in [-0.3, -0.25) is 4.79 Å². The van der Waals surface area contributed by atoms with Crippen LogP contribution in [0.3, 0.4) is 0 Å². The van der Waals surface area contributed by atoms with Crippen LogP contribution >= 0.6 is 0 Å². The van der Waals surface area contributed by atoms with Gasteiger partial charge in [0.2, 0.25) is 0 Å². The molecule has 1 aromatic rings. The van der Waals surface area contributed by atoms with Gasteiger partial charge in [-0.15, -0.1) is 0 Å². The molecule has 4 nitrogen and oxygen atoms in total. The number of hydrogen-bond acceptors (Lipinski definition) is 4. The maximum Gasteiger partial charge on any atom is 0.534 e. The Balaban J connectivity index is 2.59. The lowest BCUT2D eigenvalue weighted by Crippen LogP contribution is -2.28. The number of Topliss-reactive ketones (excluding diaryl/α,β-unsaturated/α-hetero) is 1. The molecule has 2 rings (SSSR count). The lowest BCUT2D eigenvalue weighted by Gasteiger charge is -2.15. The van der Waals surface area contributed by atoms with Gasteiger partial charge < -0.3 is 4.18 Å². The third kappa shape index (κ3) is 2.84. The van der Waals surface area contributed by atoms with Crippen molar-refractivity contribution in [3.8, 4) is 5.75 Å². The lowest BCUT2D eigenvalue weighted by molar-refractivity contribution is -0.0500. The molecule has 1 aliphatic carbocycles. The van der Waals surface area contributed by atoms with Crippen molar-refractivity contribution in [1.29, 1.82) is 0 Å². The van der Waals surface area contributed by atoms with E-state index in [1.165, 1.54) is 6.07 Å². The summed E-state index contributed by atoms with van der Waals surface area (Å²) in [5.74, 6) is -1.40. The summed E-state index contributed by atoms with van der Waals surface area (Å²) in [5.41, 5.74) is -4.46. The molecule has 0 aromatic heterocycles. The second-order valence-electron chi connectivity index (χ2n) is 5.66. The molecular formula is C14H15F3O4S. The van der Waals surface area contributed by atoms with Crippen LogP contribution in [0.2, 0.25) is 0 Å². The number of hydrogen-bond donors (Lipinski definition) is 0. The fourth-order valence-corrected chi connectivity index (χ4v) is 2.83. The van der Waals surface area contributed by atoms with Crippen LogP contribution in [-0.4, -0.2) is 19.7 Å². The molecule has 22 heavy (non-hydrogen) atoms. The maximum absolute atomic E-state index is 12.5. The zero-order valence-electron chi connectivity index (χ0n) is 12.2. The molecule has 0 saturated heterocycles. The van der Waals surface area contributed by atoms with E-state index >= 15 is 0 Å². The van der Waals surface area contributed by atoms with Crippen LogP contribution in [0.4, 0.5) is 13.2 Å². The Labute approximate surface area is 126 Å². The molecule has 8 heteroatoms. The number of ketones is 1. The molecule has 0 radical (unpaired) electrons. The van der Waals surface area contributed by atoms with E-state index in [2.05, 4.69) is 4.18 Å². The highest BCUT2D eigenvalue weighted by atomic mass is 32.2. The fourth-order valence-electron chi connectivity index (χ4n) is 2.37. The Morgan fingerprint density at radius 2 is 1.86 bits per heavy atom. The predicted molar refractivity (Wildman–Crippen MR) is 73.3 cm³/mol. The molecule has 0 amide bonds. The number of alkyl halides is 3. The van der Waals surface area contributed by atoms with Gasteiger partial charge in [-0.05, 0) is 29.5 Å². The number of carbonyl (C=O) groups is 1. The first-order chi connectivity index (χ1) is 9.94. The quantitative estimate of drug-likeness (QED) is 0.627. The predicted octanol–water partition coefficient (Wildman–Crippen LogP) is 3.41. The summed E-state index contributed by atoms with van der Waals surface area (Å²) in [4.78, 5) is 12.1. The first-order valence-corrected chi connectivity index (χ1v) is 8.06. The van der Waals surface area contributed by atoms with E-state index in [0.717, 1.165) is 0 Å². The number of benzene rings is 1. The second-order valence-corrected chi connectivity index (χ2v) is 7.20. The number of rotatable bonds is 3. The summed E-state index contributed by atoms with van der Waals surface area (Å²) < 4.78 is 64.2. The van der Waals surface area contributed by atoms with Gasteiger partial charge in [-0.25, -0.2) is 0 Å². The molecule has 0 bridgehead atoms. The molecule has 0 spiro atoms. The summed E-state index contributed by atoms with van der Waals surface area (Å²) >= 11 is 0. The van der Waals surface area contributed by atoms with E-state index < -0.39 is 33.1 Å². The van der Waals surface area contributed by atoms with Gasteiger partial charge in [0.05, 0.1) is 5.56 Å². The van der Waals surface area contributed by atoms with Gasteiger partial charge in [0, 0.05) is 5.92 Å². The molecule has 1 atom stereocenters. The second kappa shape index (κ2) is 5.26. The highest BCUT2D eigenvalue weighted by Crippen LogP contribution is 2.38. The van der Waals surface area contributed by atoms with Crippen molar-refractivity contribution in [3.63, 3.8) is 0 Å². The average Bonchev–Trinajstić information content (AvgIpc) is 2.63. The standard InChI is InChI=1S/C14H15F3O4S/c1-7(2)9-5-10-4-8(3)13(18)12(10)11(6-9)21-22(19,20)14(15,16)17/h5-8H,4H2,1-3H3. The first kappa shape index (κ1) is 16.8. The molecule has 0 aliphatic heterocycles. The molecule has 0 saturated carbocycles. The lowest BCUT2D eigenvalue weighted by atomic mass is 9.97. The van der Waals surface area contributed by atoms with Crippen molar-refractivity contribution in [2.24, 2.45) is 5.92 Å². The zero-order valence-corrected chi connectivity index (χ0v) is 13.0. The van der Waals surface area contributed by atoms with E-state index in [1.54, 1.807) is 13.0 Å². The topological polar surface area (TPSA) is 60.4 Å². The smallest absolute Gasteiger partial charge is 0.375 e. The molecule has 1 aromatic carbocycles. The maximum atomic E-state index is 12.5. The van der Waals surface area contributed by atoms with E-state index in [1.807, 2.05) is 13.8 Å². The number of fused-ring (bicyclic) bond motifs is 1. The van der Waals surface area contributed by atoms with Crippen molar-refractivity contribution >= 4 is 15.9 Å². The van der Waals surface area contributed by atoms with Gasteiger partial charge >= 0.3 is 15.6 Å². The Morgan fingerprint density at radius 3 is 2.36 bits per heavy atom. The van der Waals surface area contributed by atoms with E-state index in [9.17, 15) is 26.4 Å².